The highest BCUT2D eigenvalue weighted by atomic mass is 16.5. The van der Waals surface area contributed by atoms with Crippen LogP contribution < -0.4 is 5.32 Å². The SMILES string of the molecule is Cc1cc(NC(=O)CN(CCN2CCOCC2)C(=O)[C@H]2C[C@H]2c2ccccc2)no1. The molecule has 1 aliphatic heterocycles. The van der Waals surface area contributed by atoms with Gasteiger partial charge in [0.1, 0.15) is 5.76 Å². The van der Waals surface area contributed by atoms with Crippen LogP contribution in [0.3, 0.4) is 0 Å². The van der Waals surface area contributed by atoms with Crippen molar-refractivity contribution in [3.05, 3.63) is 47.7 Å². The number of carbonyl (C=O) groups is 2. The number of benzene rings is 1. The van der Waals surface area contributed by atoms with Crippen molar-refractivity contribution in [1.82, 2.24) is 15.0 Å². The highest BCUT2D eigenvalue weighted by molar-refractivity contribution is 5.94. The van der Waals surface area contributed by atoms with Gasteiger partial charge in [0.05, 0.1) is 19.8 Å². The lowest BCUT2D eigenvalue weighted by atomic mass is 10.1. The molecule has 1 saturated carbocycles. The summed E-state index contributed by atoms with van der Waals surface area (Å²) in [6.07, 6.45) is 0.834. The second kappa shape index (κ2) is 9.40. The standard InChI is InChI=1S/C22H28N4O4/c1-16-13-20(24-30-16)23-21(27)15-26(8-7-25-9-11-29-12-10-25)22(28)19-14-18(19)17-5-3-2-4-6-17/h2-6,13,18-19H,7-12,14-15H2,1H3,(H,23,24,27)/t18-,19-/m0/s1. The number of hydrogen-bond donors (Lipinski definition) is 1. The van der Waals surface area contributed by atoms with E-state index in [1.807, 2.05) is 18.2 Å². The van der Waals surface area contributed by atoms with Gasteiger partial charge in [-0.3, -0.25) is 14.5 Å². The van der Waals surface area contributed by atoms with Gasteiger partial charge < -0.3 is 19.5 Å². The number of carbonyl (C=O) groups excluding carboxylic acids is 2. The normalized spacial score (nSPS) is 21.2. The molecule has 1 saturated heterocycles. The van der Waals surface area contributed by atoms with Gasteiger partial charge in [0.25, 0.3) is 0 Å². The average molecular weight is 412 g/mol. The third-order valence-corrected chi connectivity index (χ3v) is 5.67. The number of amides is 2. The summed E-state index contributed by atoms with van der Waals surface area (Å²) < 4.78 is 10.4. The quantitative estimate of drug-likeness (QED) is 0.712. The molecule has 8 nitrogen and oxygen atoms in total. The van der Waals surface area contributed by atoms with E-state index in [-0.39, 0.29) is 30.2 Å². The first-order chi connectivity index (χ1) is 14.6. The van der Waals surface area contributed by atoms with E-state index in [0.29, 0.717) is 31.3 Å². The summed E-state index contributed by atoms with van der Waals surface area (Å²) in [6, 6.07) is 11.8. The predicted molar refractivity (Wildman–Crippen MR) is 111 cm³/mol. The first-order valence-corrected chi connectivity index (χ1v) is 10.5. The maximum Gasteiger partial charge on any atom is 0.245 e. The van der Waals surface area contributed by atoms with Crippen LogP contribution in [0, 0.1) is 12.8 Å². The molecule has 0 radical (unpaired) electrons. The molecular formula is C22H28N4O4. The van der Waals surface area contributed by atoms with E-state index in [2.05, 4.69) is 27.5 Å². The highest BCUT2D eigenvalue weighted by Crippen LogP contribution is 2.48. The summed E-state index contributed by atoms with van der Waals surface area (Å²) in [7, 11) is 0. The number of rotatable bonds is 8. The lowest BCUT2D eigenvalue weighted by molar-refractivity contribution is -0.136. The number of aryl methyl sites for hydroxylation is 1. The Balaban J connectivity index is 1.38. The summed E-state index contributed by atoms with van der Waals surface area (Å²) >= 11 is 0. The maximum atomic E-state index is 13.2. The Morgan fingerprint density at radius 2 is 2.00 bits per heavy atom. The zero-order valence-electron chi connectivity index (χ0n) is 17.3. The summed E-state index contributed by atoms with van der Waals surface area (Å²) in [5.41, 5.74) is 1.19. The molecule has 8 heteroatoms. The molecule has 2 atom stereocenters. The molecule has 160 valence electrons. The summed E-state index contributed by atoms with van der Waals surface area (Å²) in [5.74, 6) is 0.949. The second-order valence-corrected chi connectivity index (χ2v) is 7.94. The van der Waals surface area contributed by atoms with Crippen molar-refractivity contribution in [1.29, 1.82) is 0 Å². The van der Waals surface area contributed by atoms with Crippen molar-refractivity contribution in [2.75, 3.05) is 51.3 Å². The van der Waals surface area contributed by atoms with Crippen molar-refractivity contribution in [3.63, 3.8) is 0 Å². The number of morpholine rings is 1. The summed E-state index contributed by atoms with van der Waals surface area (Å²) in [5, 5.41) is 6.51. The Morgan fingerprint density at radius 1 is 1.23 bits per heavy atom. The van der Waals surface area contributed by atoms with Gasteiger partial charge in [-0.25, -0.2) is 0 Å². The van der Waals surface area contributed by atoms with Crippen LogP contribution >= 0.6 is 0 Å². The van der Waals surface area contributed by atoms with Crippen LogP contribution in [0.15, 0.2) is 40.9 Å². The Morgan fingerprint density at radius 3 is 2.70 bits per heavy atom. The number of ether oxygens (including phenoxy) is 1. The molecule has 0 unspecified atom stereocenters. The van der Waals surface area contributed by atoms with Crippen molar-refractivity contribution in [2.45, 2.75) is 19.3 Å². The minimum Gasteiger partial charge on any atom is -0.379 e. The highest BCUT2D eigenvalue weighted by Gasteiger charge is 2.45. The van der Waals surface area contributed by atoms with Gasteiger partial charge in [-0.15, -0.1) is 0 Å². The minimum atomic E-state index is -0.268. The first-order valence-electron chi connectivity index (χ1n) is 10.5. The maximum absolute atomic E-state index is 13.2. The molecule has 0 bridgehead atoms. The van der Waals surface area contributed by atoms with E-state index in [1.165, 1.54) is 5.56 Å². The predicted octanol–water partition coefficient (Wildman–Crippen LogP) is 1.89. The third-order valence-electron chi connectivity index (χ3n) is 5.67. The van der Waals surface area contributed by atoms with Gasteiger partial charge in [0, 0.05) is 38.2 Å². The molecule has 2 aromatic rings. The van der Waals surface area contributed by atoms with Crippen LogP contribution in [-0.4, -0.2) is 72.7 Å². The van der Waals surface area contributed by atoms with Gasteiger partial charge in [-0.05, 0) is 24.8 Å². The van der Waals surface area contributed by atoms with E-state index in [9.17, 15) is 9.59 Å². The number of aromatic nitrogens is 1. The monoisotopic (exact) mass is 412 g/mol. The molecule has 2 fully saturated rings. The molecule has 4 rings (SSSR count). The van der Waals surface area contributed by atoms with Crippen molar-refractivity contribution >= 4 is 17.6 Å². The van der Waals surface area contributed by atoms with Gasteiger partial charge >= 0.3 is 0 Å². The first kappa shape index (κ1) is 20.6. The van der Waals surface area contributed by atoms with Crippen LogP contribution in [0.5, 0.6) is 0 Å². The lowest BCUT2D eigenvalue weighted by Gasteiger charge is -2.30. The molecule has 2 aliphatic rings. The smallest absolute Gasteiger partial charge is 0.245 e. The molecule has 30 heavy (non-hydrogen) atoms. The third kappa shape index (κ3) is 5.25. The Labute approximate surface area is 176 Å². The zero-order chi connectivity index (χ0) is 20.9. The number of nitrogens with zero attached hydrogens (tertiary/aromatic N) is 3. The van der Waals surface area contributed by atoms with E-state index >= 15 is 0 Å². The van der Waals surface area contributed by atoms with Crippen molar-refractivity contribution in [2.24, 2.45) is 5.92 Å². The fourth-order valence-corrected chi connectivity index (χ4v) is 3.91. The molecule has 0 spiro atoms. The summed E-state index contributed by atoms with van der Waals surface area (Å²) in [4.78, 5) is 29.7. The van der Waals surface area contributed by atoms with Gasteiger partial charge in [0.15, 0.2) is 5.82 Å². The van der Waals surface area contributed by atoms with E-state index in [0.717, 1.165) is 26.1 Å². The molecular weight excluding hydrogens is 384 g/mol. The Kier molecular flexibility index (Phi) is 6.44. The van der Waals surface area contributed by atoms with Crippen molar-refractivity contribution < 1.29 is 18.8 Å². The van der Waals surface area contributed by atoms with Crippen LogP contribution in [0.4, 0.5) is 5.82 Å². The topological polar surface area (TPSA) is 87.9 Å². The summed E-state index contributed by atoms with van der Waals surface area (Å²) in [6.45, 7) is 6.13. The fourth-order valence-electron chi connectivity index (χ4n) is 3.91. The van der Waals surface area contributed by atoms with Gasteiger partial charge in [0.2, 0.25) is 11.8 Å². The molecule has 1 N–H and O–H groups in total. The van der Waals surface area contributed by atoms with E-state index in [1.54, 1.807) is 17.9 Å². The van der Waals surface area contributed by atoms with E-state index in [4.69, 9.17) is 9.26 Å². The second-order valence-electron chi connectivity index (χ2n) is 7.94. The number of nitrogens with one attached hydrogen (secondary N) is 1. The molecule has 2 heterocycles. The Bertz CT molecular complexity index is 863. The van der Waals surface area contributed by atoms with Crippen LogP contribution in [0.25, 0.3) is 0 Å². The van der Waals surface area contributed by atoms with Crippen LogP contribution in [0.1, 0.15) is 23.7 Å². The molecule has 2 amide bonds. The molecule has 1 aliphatic carbocycles. The zero-order valence-corrected chi connectivity index (χ0v) is 17.3. The van der Waals surface area contributed by atoms with Crippen LogP contribution in [0.2, 0.25) is 0 Å². The lowest BCUT2D eigenvalue weighted by Crippen LogP contribution is -2.46. The molecule has 1 aromatic carbocycles. The van der Waals surface area contributed by atoms with Crippen LogP contribution in [-0.2, 0) is 14.3 Å². The minimum absolute atomic E-state index is 0.00703. The van der Waals surface area contributed by atoms with Gasteiger partial charge in [-0.1, -0.05) is 35.5 Å². The number of hydrogen-bond acceptors (Lipinski definition) is 6. The molecule has 1 aromatic heterocycles. The number of anilines is 1. The largest absolute Gasteiger partial charge is 0.379 e. The van der Waals surface area contributed by atoms with Gasteiger partial charge in [-0.2, -0.15) is 0 Å². The van der Waals surface area contributed by atoms with E-state index < -0.39 is 0 Å². The fraction of sp³-hybridized carbons (Fsp3) is 0.500. The average Bonchev–Trinajstić information content (AvgIpc) is 3.47. The Hall–Kier alpha value is -2.71. The van der Waals surface area contributed by atoms with Crippen molar-refractivity contribution in [3.8, 4) is 0 Å².